The molecule has 1 N–H and O–H groups in total. The van der Waals surface area contributed by atoms with E-state index in [-0.39, 0.29) is 18.2 Å². The van der Waals surface area contributed by atoms with Gasteiger partial charge in [-0.05, 0) is 61.9 Å². The number of methoxy groups -OCH3 is 1. The molecule has 2 amide bonds. The first-order valence-electron chi connectivity index (χ1n) is 14.6. The van der Waals surface area contributed by atoms with Crippen molar-refractivity contribution in [2.75, 3.05) is 20.7 Å². The van der Waals surface area contributed by atoms with Crippen LogP contribution in [0.5, 0.6) is 5.75 Å². The number of likely N-dealkylation sites (N-methyl/N-ethyl adjacent to an activating group) is 1. The van der Waals surface area contributed by atoms with Crippen molar-refractivity contribution >= 4 is 22.7 Å². The molecule has 212 valence electrons. The number of nitrogens with one attached hydrogen (secondary N) is 1. The van der Waals surface area contributed by atoms with E-state index in [1.807, 2.05) is 25.2 Å². The molecule has 0 spiro atoms. The third-order valence-electron chi connectivity index (χ3n) is 7.64. The van der Waals surface area contributed by atoms with Crippen LogP contribution in [-0.4, -0.2) is 48.0 Å². The van der Waals surface area contributed by atoms with E-state index < -0.39 is 6.04 Å². The highest BCUT2D eigenvalue weighted by Gasteiger charge is 2.25. The number of amides is 2. The highest BCUT2D eigenvalue weighted by atomic mass is 16.5. The summed E-state index contributed by atoms with van der Waals surface area (Å²) in [5.41, 5.74) is 4.53. The van der Waals surface area contributed by atoms with Crippen LogP contribution in [0.4, 0.5) is 0 Å². The van der Waals surface area contributed by atoms with Crippen molar-refractivity contribution in [3.8, 4) is 5.75 Å². The Hall–Kier alpha value is -3.28. The predicted octanol–water partition coefficient (Wildman–Crippen LogP) is 6.46. The number of carbonyl (C=O) groups is 2. The molecule has 0 bridgehead atoms. The van der Waals surface area contributed by atoms with Crippen LogP contribution in [-0.2, 0) is 29.0 Å². The van der Waals surface area contributed by atoms with Gasteiger partial charge in [-0.15, -0.1) is 0 Å². The second kappa shape index (κ2) is 15.3. The number of unbranched alkanes of at least 4 members (excludes halogenated alkanes) is 3. The maximum absolute atomic E-state index is 13.4. The second-order valence-electron chi connectivity index (χ2n) is 10.6. The Morgan fingerprint density at radius 1 is 1.00 bits per heavy atom. The van der Waals surface area contributed by atoms with Gasteiger partial charge in [0.2, 0.25) is 11.8 Å². The quantitative estimate of drug-likeness (QED) is 0.215. The van der Waals surface area contributed by atoms with Gasteiger partial charge in [0.1, 0.15) is 11.8 Å². The Morgan fingerprint density at radius 3 is 2.44 bits per heavy atom. The van der Waals surface area contributed by atoms with E-state index in [0.717, 1.165) is 79.4 Å². The average molecular weight is 534 g/mol. The molecule has 0 aliphatic carbocycles. The maximum atomic E-state index is 13.4. The Bertz CT molecular complexity index is 1200. The van der Waals surface area contributed by atoms with Crippen LogP contribution in [0.25, 0.3) is 10.9 Å². The van der Waals surface area contributed by atoms with Crippen molar-refractivity contribution in [1.82, 2.24) is 14.8 Å². The lowest BCUT2D eigenvalue weighted by molar-refractivity contribution is -0.135. The maximum Gasteiger partial charge on any atom is 0.244 e. The summed E-state index contributed by atoms with van der Waals surface area (Å²) in [5.74, 6) is 0.674. The molecule has 0 saturated heterocycles. The second-order valence-corrected chi connectivity index (χ2v) is 10.6. The van der Waals surface area contributed by atoms with Gasteiger partial charge in [0.15, 0.2) is 0 Å². The number of nitrogens with zero attached hydrogens (tertiary/aromatic N) is 2. The van der Waals surface area contributed by atoms with Crippen molar-refractivity contribution in [3.05, 3.63) is 65.4 Å². The normalized spacial score (nSPS) is 11.9. The lowest BCUT2D eigenvalue weighted by Crippen LogP contribution is -2.48. The third kappa shape index (κ3) is 8.35. The van der Waals surface area contributed by atoms with Crippen molar-refractivity contribution in [2.45, 2.75) is 91.1 Å². The number of aryl methyl sites for hydroxylation is 2. The zero-order chi connectivity index (χ0) is 28.2. The molecular weight excluding hydrogens is 486 g/mol. The van der Waals surface area contributed by atoms with E-state index in [1.54, 1.807) is 12.0 Å². The molecule has 3 aromatic rings. The first-order chi connectivity index (χ1) is 18.9. The molecule has 0 aliphatic heterocycles. The summed E-state index contributed by atoms with van der Waals surface area (Å²) < 4.78 is 7.84. The SMILES string of the molecule is CCCCCC(NC(=O)Cc1c(C)n(CCCc2ccccc2)c2ccc(OC)cc12)C(=O)N(C)CCCC. The van der Waals surface area contributed by atoms with Gasteiger partial charge in [-0.25, -0.2) is 0 Å². The van der Waals surface area contributed by atoms with Crippen LogP contribution in [0, 0.1) is 6.92 Å². The highest BCUT2D eigenvalue weighted by molar-refractivity contribution is 5.93. The number of aromatic nitrogens is 1. The molecule has 1 aromatic heterocycles. The van der Waals surface area contributed by atoms with Crippen molar-refractivity contribution in [2.24, 2.45) is 0 Å². The van der Waals surface area contributed by atoms with Crippen LogP contribution < -0.4 is 10.1 Å². The fourth-order valence-electron chi connectivity index (χ4n) is 5.29. The molecular formula is C33H47N3O3. The van der Waals surface area contributed by atoms with Gasteiger partial charge >= 0.3 is 0 Å². The molecule has 0 aliphatic rings. The van der Waals surface area contributed by atoms with E-state index in [0.29, 0.717) is 13.0 Å². The minimum absolute atomic E-state index is 0.00892. The fourth-order valence-corrected chi connectivity index (χ4v) is 5.29. The first-order valence-corrected chi connectivity index (χ1v) is 14.6. The lowest BCUT2D eigenvalue weighted by Gasteiger charge is -2.25. The first kappa shape index (κ1) is 30.3. The van der Waals surface area contributed by atoms with Crippen LogP contribution in [0.3, 0.4) is 0 Å². The number of rotatable bonds is 16. The summed E-state index contributed by atoms with van der Waals surface area (Å²) in [7, 11) is 3.51. The molecule has 2 aromatic carbocycles. The molecule has 0 radical (unpaired) electrons. The molecule has 0 fully saturated rings. The zero-order valence-electron chi connectivity index (χ0n) is 24.6. The highest BCUT2D eigenvalue weighted by Crippen LogP contribution is 2.30. The Morgan fingerprint density at radius 2 is 1.74 bits per heavy atom. The number of benzene rings is 2. The van der Waals surface area contributed by atoms with Crippen LogP contribution in [0.15, 0.2) is 48.5 Å². The summed E-state index contributed by atoms with van der Waals surface area (Å²) in [6, 6.07) is 16.1. The molecule has 0 saturated carbocycles. The van der Waals surface area contributed by atoms with E-state index in [2.05, 4.69) is 61.0 Å². The summed E-state index contributed by atoms with van der Waals surface area (Å²) in [6.45, 7) is 7.94. The van der Waals surface area contributed by atoms with Crippen LogP contribution in [0.1, 0.15) is 75.6 Å². The molecule has 6 nitrogen and oxygen atoms in total. The van der Waals surface area contributed by atoms with Gasteiger partial charge in [-0.2, -0.15) is 0 Å². The van der Waals surface area contributed by atoms with Crippen molar-refractivity contribution < 1.29 is 14.3 Å². The van der Waals surface area contributed by atoms with E-state index in [1.165, 1.54) is 5.56 Å². The summed E-state index contributed by atoms with van der Waals surface area (Å²) in [4.78, 5) is 28.4. The number of ether oxygens (including phenoxy) is 1. The van der Waals surface area contributed by atoms with Crippen molar-refractivity contribution in [1.29, 1.82) is 0 Å². The fraction of sp³-hybridized carbons (Fsp3) is 0.515. The molecule has 3 rings (SSSR count). The van der Waals surface area contributed by atoms with Crippen LogP contribution >= 0.6 is 0 Å². The molecule has 1 unspecified atom stereocenters. The van der Waals surface area contributed by atoms with Gasteiger partial charge in [-0.3, -0.25) is 9.59 Å². The molecule has 6 heteroatoms. The smallest absolute Gasteiger partial charge is 0.244 e. The minimum atomic E-state index is -0.486. The van der Waals surface area contributed by atoms with Crippen LogP contribution in [0.2, 0.25) is 0 Å². The van der Waals surface area contributed by atoms with Gasteiger partial charge in [0.05, 0.1) is 13.5 Å². The van der Waals surface area contributed by atoms with Gasteiger partial charge < -0.3 is 19.5 Å². The van der Waals surface area contributed by atoms with E-state index in [4.69, 9.17) is 4.74 Å². The zero-order valence-corrected chi connectivity index (χ0v) is 24.6. The molecule has 39 heavy (non-hydrogen) atoms. The number of fused-ring (bicyclic) bond motifs is 1. The summed E-state index contributed by atoms with van der Waals surface area (Å²) >= 11 is 0. The molecule has 1 heterocycles. The van der Waals surface area contributed by atoms with Gasteiger partial charge in [0.25, 0.3) is 0 Å². The topological polar surface area (TPSA) is 63.6 Å². The lowest BCUT2D eigenvalue weighted by atomic mass is 10.0. The summed E-state index contributed by atoms with van der Waals surface area (Å²) in [5, 5.41) is 4.14. The Balaban J connectivity index is 1.80. The number of carbonyl (C=O) groups excluding carboxylic acids is 2. The summed E-state index contributed by atoms with van der Waals surface area (Å²) in [6.07, 6.45) is 7.94. The Labute approximate surface area is 234 Å². The number of hydrogen-bond acceptors (Lipinski definition) is 3. The predicted molar refractivity (Wildman–Crippen MR) is 160 cm³/mol. The van der Waals surface area contributed by atoms with Gasteiger partial charge in [-0.1, -0.05) is 69.9 Å². The standard InChI is InChI=1S/C33H47N3O3/c1-6-8-11-18-30(33(38)35(4)21-9-7-2)34-32(37)24-28-25(3)36(22-14-17-26-15-12-10-13-16-26)31-20-19-27(39-5)23-29(28)31/h10,12-13,15-16,19-20,23,30H,6-9,11,14,17-18,21-22,24H2,1-5H3,(H,34,37). The third-order valence-corrected chi connectivity index (χ3v) is 7.64. The number of hydrogen-bond donors (Lipinski definition) is 1. The largest absolute Gasteiger partial charge is 0.497 e. The monoisotopic (exact) mass is 533 g/mol. The van der Waals surface area contributed by atoms with E-state index in [9.17, 15) is 9.59 Å². The van der Waals surface area contributed by atoms with E-state index >= 15 is 0 Å². The average Bonchev–Trinajstić information content (AvgIpc) is 3.20. The van der Waals surface area contributed by atoms with Gasteiger partial charge in [0, 0.05) is 36.7 Å². The Kier molecular flexibility index (Phi) is 11.9. The molecule has 1 atom stereocenters. The van der Waals surface area contributed by atoms with Crippen molar-refractivity contribution in [3.63, 3.8) is 0 Å². The minimum Gasteiger partial charge on any atom is -0.497 e.